The lowest BCUT2D eigenvalue weighted by Gasteiger charge is -2.31. The van der Waals surface area contributed by atoms with Gasteiger partial charge < -0.3 is 14.6 Å². The molecule has 1 aliphatic rings. The smallest absolute Gasteiger partial charge is 0.410 e. The van der Waals surface area contributed by atoms with E-state index in [1.807, 2.05) is 41.5 Å². The van der Waals surface area contributed by atoms with E-state index in [4.69, 9.17) is 9.26 Å². The molecular weight excluding hydrogens is 334 g/mol. The molecule has 0 radical (unpaired) electrons. The summed E-state index contributed by atoms with van der Waals surface area (Å²) in [5.74, 6) is 0.803. The first-order valence-corrected chi connectivity index (χ1v) is 9.25. The molecule has 1 aromatic rings. The van der Waals surface area contributed by atoms with E-state index in [9.17, 15) is 9.59 Å². The second kappa shape index (κ2) is 7.68. The molecule has 0 aromatic carbocycles. The summed E-state index contributed by atoms with van der Waals surface area (Å²) < 4.78 is 10.8. The van der Waals surface area contributed by atoms with Crippen molar-refractivity contribution in [2.75, 3.05) is 11.9 Å². The molecule has 0 spiro atoms. The summed E-state index contributed by atoms with van der Waals surface area (Å²) in [5, 5.41) is 6.71. The van der Waals surface area contributed by atoms with E-state index in [0.29, 0.717) is 24.5 Å². The Morgan fingerprint density at radius 3 is 2.46 bits per heavy atom. The maximum absolute atomic E-state index is 12.8. The number of amides is 2. The molecule has 146 valence electrons. The number of ether oxygens (including phenoxy) is 1. The lowest BCUT2D eigenvalue weighted by molar-refractivity contribution is -0.121. The SMILES string of the molecule is CC(C)(C)OC(=O)N1CCCCCC1C(=O)Nc1cc(C(C)(C)C)on1. The van der Waals surface area contributed by atoms with Gasteiger partial charge in [0.05, 0.1) is 0 Å². The standard InChI is InChI=1S/C19H31N3O4/c1-18(2,3)14-12-15(21-26-14)20-16(23)13-10-8-7-9-11-22(13)17(24)25-19(4,5)6/h12-13H,7-11H2,1-6H3,(H,20,21,23). The Morgan fingerprint density at radius 1 is 1.19 bits per heavy atom. The zero-order valence-corrected chi connectivity index (χ0v) is 16.7. The fourth-order valence-corrected chi connectivity index (χ4v) is 2.82. The van der Waals surface area contributed by atoms with Crippen molar-refractivity contribution in [3.05, 3.63) is 11.8 Å². The van der Waals surface area contributed by atoms with Gasteiger partial charge in [-0.1, -0.05) is 38.8 Å². The summed E-state index contributed by atoms with van der Waals surface area (Å²) >= 11 is 0. The van der Waals surface area contributed by atoms with E-state index >= 15 is 0 Å². The number of hydrogen-bond donors (Lipinski definition) is 1. The Balaban J connectivity index is 2.12. The fraction of sp³-hybridized carbons (Fsp3) is 0.737. The molecule has 2 rings (SSSR count). The second-order valence-corrected chi connectivity index (χ2v) is 8.85. The van der Waals surface area contributed by atoms with Gasteiger partial charge in [-0.2, -0.15) is 0 Å². The third-order valence-corrected chi connectivity index (χ3v) is 4.18. The Hall–Kier alpha value is -2.05. The first-order valence-electron chi connectivity index (χ1n) is 9.25. The minimum atomic E-state index is -0.599. The number of likely N-dealkylation sites (tertiary alicyclic amines) is 1. The number of carbonyl (C=O) groups excluding carboxylic acids is 2. The fourth-order valence-electron chi connectivity index (χ4n) is 2.82. The molecule has 26 heavy (non-hydrogen) atoms. The number of hydrogen-bond acceptors (Lipinski definition) is 5. The summed E-state index contributed by atoms with van der Waals surface area (Å²) in [6.45, 7) is 12.0. The van der Waals surface area contributed by atoms with Crippen LogP contribution in [0.2, 0.25) is 0 Å². The minimum absolute atomic E-state index is 0.194. The van der Waals surface area contributed by atoms with Crippen LogP contribution >= 0.6 is 0 Å². The van der Waals surface area contributed by atoms with Gasteiger partial charge in [0, 0.05) is 18.0 Å². The summed E-state index contributed by atoms with van der Waals surface area (Å²) in [7, 11) is 0. The molecule has 0 saturated carbocycles. The third-order valence-electron chi connectivity index (χ3n) is 4.18. The van der Waals surface area contributed by atoms with Gasteiger partial charge in [0.15, 0.2) is 5.82 Å². The van der Waals surface area contributed by atoms with E-state index < -0.39 is 17.7 Å². The Kier molecular flexibility index (Phi) is 5.98. The van der Waals surface area contributed by atoms with E-state index in [2.05, 4.69) is 10.5 Å². The highest BCUT2D eigenvalue weighted by Crippen LogP contribution is 2.25. The molecule has 7 heteroatoms. The van der Waals surface area contributed by atoms with Crippen molar-refractivity contribution in [2.24, 2.45) is 0 Å². The zero-order valence-electron chi connectivity index (χ0n) is 16.7. The van der Waals surface area contributed by atoms with Crippen LogP contribution < -0.4 is 5.32 Å². The van der Waals surface area contributed by atoms with Crippen LogP contribution in [0.25, 0.3) is 0 Å². The van der Waals surface area contributed by atoms with Gasteiger partial charge >= 0.3 is 6.09 Å². The molecular formula is C19H31N3O4. The topological polar surface area (TPSA) is 84.7 Å². The molecule has 1 saturated heterocycles. The Bertz CT molecular complexity index is 640. The molecule has 7 nitrogen and oxygen atoms in total. The van der Waals surface area contributed by atoms with Crippen LogP contribution in [0.1, 0.15) is 73.0 Å². The predicted molar refractivity (Wildman–Crippen MR) is 99.0 cm³/mol. The average molecular weight is 365 g/mol. The summed E-state index contributed by atoms with van der Waals surface area (Å²) in [6.07, 6.45) is 2.90. The van der Waals surface area contributed by atoms with Crippen molar-refractivity contribution in [1.29, 1.82) is 0 Å². The molecule has 1 aromatic heterocycles. The normalized spacial score (nSPS) is 19.0. The third kappa shape index (κ3) is 5.47. The van der Waals surface area contributed by atoms with Crippen molar-refractivity contribution < 1.29 is 18.8 Å². The van der Waals surface area contributed by atoms with Crippen LogP contribution in [0.3, 0.4) is 0 Å². The first-order chi connectivity index (χ1) is 12.0. The highest BCUT2D eigenvalue weighted by Gasteiger charge is 2.34. The van der Waals surface area contributed by atoms with Crippen LogP contribution in [0.4, 0.5) is 10.6 Å². The van der Waals surface area contributed by atoms with E-state index in [-0.39, 0.29) is 11.3 Å². The van der Waals surface area contributed by atoms with Crippen LogP contribution in [0, 0.1) is 0 Å². The maximum Gasteiger partial charge on any atom is 0.410 e. The van der Waals surface area contributed by atoms with Crippen molar-refractivity contribution in [3.63, 3.8) is 0 Å². The lowest BCUT2D eigenvalue weighted by atomic mass is 9.93. The first kappa shape index (κ1) is 20.3. The maximum atomic E-state index is 12.8. The minimum Gasteiger partial charge on any atom is -0.444 e. The molecule has 1 aliphatic heterocycles. The number of carbonyl (C=O) groups is 2. The van der Waals surface area contributed by atoms with Crippen LogP contribution in [0.5, 0.6) is 0 Å². The average Bonchev–Trinajstić information content (AvgIpc) is 2.81. The van der Waals surface area contributed by atoms with Gasteiger partial charge in [-0.3, -0.25) is 9.69 Å². The van der Waals surface area contributed by atoms with Gasteiger partial charge in [0.2, 0.25) is 5.91 Å². The molecule has 1 N–H and O–H groups in total. The number of rotatable bonds is 2. The molecule has 0 aliphatic carbocycles. The van der Waals surface area contributed by atoms with Gasteiger partial charge in [-0.15, -0.1) is 0 Å². The number of aromatic nitrogens is 1. The Morgan fingerprint density at radius 2 is 1.88 bits per heavy atom. The Labute approximate surface area is 155 Å². The van der Waals surface area contributed by atoms with Gasteiger partial charge in [0.25, 0.3) is 0 Å². The monoisotopic (exact) mass is 365 g/mol. The summed E-state index contributed by atoms with van der Waals surface area (Å²) in [5.41, 5.74) is -0.793. The molecule has 2 amide bonds. The van der Waals surface area contributed by atoms with Crippen LogP contribution in [-0.2, 0) is 14.9 Å². The predicted octanol–water partition coefficient (Wildman–Crippen LogP) is 4.09. The van der Waals surface area contributed by atoms with Gasteiger partial charge in [-0.05, 0) is 33.6 Å². The zero-order chi connectivity index (χ0) is 19.5. The van der Waals surface area contributed by atoms with Crippen molar-refractivity contribution in [3.8, 4) is 0 Å². The molecule has 0 bridgehead atoms. The molecule has 2 heterocycles. The van der Waals surface area contributed by atoms with E-state index in [1.165, 1.54) is 0 Å². The van der Waals surface area contributed by atoms with Gasteiger partial charge in [-0.25, -0.2) is 4.79 Å². The molecule has 1 atom stereocenters. The summed E-state index contributed by atoms with van der Waals surface area (Å²) in [6, 6.07) is 1.16. The van der Waals surface area contributed by atoms with Gasteiger partial charge in [0.1, 0.15) is 17.4 Å². The summed E-state index contributed by atoms with van der Waals surface area (Å²) in [4.78, 5) is 26.9. The highest BCUT2D eigenvalue weighted by atomic mass is 16.6. The van der Waals surface area contributed by atoms with Crippen LogP contribution in [0.15, 0.2) is 10.6 Å². The van der Waals surface area contributed by atoms with Crippen molar-refractivity contribution >= 4 is 17.8 Å². The van der Waals surface area contributed by atoms with Crippen molar-refractivity contribution in [2.45, 2.75) is 84.3 Å². The molecule has 1 unspecified atom stereocenters. The lowest BCUT2D eigenvalue weighted by Crippen LogP contribution is -2.48. The highest BCUT2D eigenvalue weighted by molar-refractivity contribution is 5.95. The number of nitrogens with one attached hydrogen (secondary N) is 1. The molecule has 1 fully saturated rings. The van der Waals surface area contributed by atoms with E-state index in [1.54, 1.807) is 11.0 Å². The number of anilines is 1. The van der Waals surface area contributed by atoms with Crippen LogP contribution in [-0.4, -0.2) is 40.2 Å². The van der Waals surface area contributed by atoms with Crippen molar-refractivity contribution in [1.82, 2.24) is 10.1 Å². The largest absolute Gasteiger partial charge is 0.444 e. The quantitative estimate of drug-likeness (QED) is 0.853. The second-order valence-electron chi connectivity index (χ2n) is 8.85. The number of nitrogens with zero attached hydrogens (tertiary/aromatic N) is 2. The van der Waals surface area contributed by atoms with E-state index in [0.717, 1.165) is 19.3 Å².